The van der Waals surface area contributed by atoms with Gasteiger partial charge in [-0.3, -0.25) is 0 Å². The zero-order valence-electron chi connectivity index (χ0n) is 31.4. The normalized spacial score (nSPS) is 13.1. The molecule has 270 valence electrons. The highest BCUT2D eigenvalue weighted by Gasteiger charge is 2.50. The minimum Gasteiger partial charge on any atom is -0.457 e. The van der Waals surface area contributed by atoms with Crippen LogP contribution in [0.1, 0.15) is 22.3 Å². The number of nitrogens with zero attached hydrogens (tertiary/aromatic N) is 2. The molecule has 0 saturated heterocycles. The fourth-order valence-corrected chi connectivity index (χ4v) is 9.51. The van der Waals surface area contributed by atoms with Gasteiger partial charge in [0.2, 0.25) is 0 Å². The second-order valence-electron chi connectivity index (χ2n) is 15.3. The van der Waals surface area contributed by atoms with Crippen LogP contribution in [0.15, 0.2) is 206 Å². The minimum absolute atomic E-state index is 0.472. The highest BCUT2D eigenvalue weighted by molar-refractivity contribution is 6.08. The highest BCUT2D eigenvalue weighted by atomic mass is 16.5. The third-order valence-corrected chi connectivity index (χ3v) is 12.2. The molecule has 2 heterocycles. The van der Waals surface area contributed by atoms with Gasteiger partial charge in [0.15, 0.2) is 5.82 Å². The van der Waals surface area contributed by atoms with Crippen LogP contribution in [0.5, 0.6) is 11.5 Å². The van der Waals surface area contributed by atoms with Gasteiger partial charge in [-0.2, -0.15) is 0 Å². The monoisotopic (exact) mass is 738 g/mol. The Kier molecular flexibility index (Phi) is 7.14. The number of hydrogen-bond acceptors (Lipinski definition) is 3. The quantitative estimate of drug-likeness (QED) is 0.169. The average Bonchev–Trinajstić information content (AvgIpc) is 3.59. The highest BCUT2D eigenvalue weighted by Crippen LogP contribution is 2.62. The number of ether oxygens (including phenoxy) is 1. The molecule has 0 atom stereocenters. The molecule has 1 aromatic heterocycles. The van der Waals surface area contributed by atoms with E-state index in [4.69, 9.17) is 14.7 Å². The second kappa shape index (κ2) is 12.7. The Morgan fingerprint density at radius 1 is 0.328 bits per heavy atom. The van der Waals surface area contributed by atoms with Crippen molar-refractivity contribution in [2.24, 2.45) is 0 Å². The lowest BCUT2D eigenvalue weighted by molar-refractivity contribution is 0.436. The molecule has 0 amide bonds. The van der Waals surface area contributed by atoms with E-state index in [1.165, 1.54) is 49.4 Å². The van der Waals surface area contributed by atoms with Gasteiger partial charge in [-0.25, -0.2) is 9.97 Å². The van der Waals surface area contributed by atoms with Gasteiger partial charge in [0.1, 0.15) is 11.5 Å². The molecule has 1 spiro atoms. The minimum atomic E-state index is -0.472. The lowest BCUT2D eigenvalue weighted by Crippen LogP contribution is -2.32. The standard InChI is InChI=1S/C55H34N2O/c1-2-13-38(14-3-1)54-56-50(34-51(57-54)41-28-30-43-40(32-41)27-24-36-12-4-5-15-42(36)43)37-25-22-35(23-26-37)39-29-31-49-53(33-39)58-52-21-11-10-20-48(52)55(49)46-18-8-6-16-44(46)45-17-7-9-19-47(45)55/h1-34H. The van der Waals surface area contributed by atoms with Crippen LogP contribution in [0.3, 0.4) is 0 Å². The third-order valence-electron chi connectivity index (χ3n) is 12.2. The number of benzene rings is 9. The summed E-state index contributed by atoms with van der Waals surface area (Å²) in [5.74, 6) is 2.47. The molecule has 1 aliphatic heterocycles. The van der Waals surface area contributed by atoms with E-state index in [0.717, 1.165) is 56.3 Å². The number of rotatable bonds is 4. The fraction of sp³-hybridized carbons (Fsp3) is 0.0182. The van der Waals surface area contributed by atoms with Crippen molar-refractivity contribution in [1.82, 2.24) is 9.97 Å². The smallest absolute Gasteiger partial charge is 0.160 e. The van der Waals surface area contributed by atoms with E-state index in [1.54, 1.807) is 0 Å². The van der Waals surface area contributed by atoms with E-state index in [2.05, 4.69) is 188 Å². The summed E-state index contributed by atoms with van der Waals surface area (Å²) in [5.41, 5.74) is 14.0. The molecule has 0 radical (unpaired) electrons. The first kappa shape index (κ1) is 32.6. The maximum absolute atomic E-state index is 6.79. The molecule has 1 aliphatic carbocycles. The van der Waals surface area contributed by atoms with Gasteiger partial charge in [-0.15, -0.1) is 0 Å². The summed E-state index contributed by atoms with van der Waals surface area (Å²) in [6, 6.07) is 73.6. The van der Waals surface area contributed by atoms with Gasteiger partial charge in [0.05, 0.1) is 16.8 Å². The number of hydrogen-bond donors (Lipinski definition) is 0. The summed E-state index contributed by atoms with van der Waals surface area (Å²) in [4.78, 5) is 10.3. The molecule has 10 aromatic rings. The second-order valence-corrected chi connectivity index (χ2v) is 15.3. The first-order chi connectivity index (χ1) is 28.7. The Balaban J connectivity index is 0.950. The van der Waals surface area contributed by atoms with Crippen LogP contribution in [0.25, 0.3) is 77.7 Å². The summed E-state index contributed by atoms with van der Waals surface area (Å²) in [5, 5.41) is 4.92. The van der Waals surface area contributed by atoms with Crippen LogP contribution in [-0.2, 0) is 5.41 Å². The lowest BCUT2D eigenvalue weighted by atomic mass is 9.66. The van der Waals surface area contributed by atoms with Gasteiger partial charge in [-0.1, -0.05) is 182 Å². The number of fused-ring (bicyclic) bond motifs is 12. The summed E-state index contributed by atoms with van der Waals surface area (Å²) in [6.07, 6.45) is 0. The van der Waals surface area contributed by atoms with Crippen molar-refractivity contribution in [3.8, 4) is 67.7 Å². The van der Waals surface area contributed by atoms with Crippen molar-refractivity contribution in [2.75, 3.05) is 0 Å². The number of para-hydroxylation sites is 1. The topological polar surface area (TPSA) is 35.0 Å². The van der Waals surface area contributed by atoms with Crippen molar-refractivity contribution in [1.29, 1.82) is 0 Å². The van der Waals surface area contributed by atoms with Crippen LogP contribution >= 0.6 is 0 Å². The molecule has 2 aliphatic rings. The number of aromatic nitrogens is 2. The molecule has 12 rings (SSSR count). The Morgan fingerprint density at radius 2 is 0.897 bits per heavy atom. The predicted octanol–water partition coefficient (Wildman–Crippen LogP) is 13.9. The van der Waals surface area contributed by atoms with E-state index >= 15 is 0 Å². The Bertz CT molecular complexity index is 3210. The molecule has 3 nitrogen and oxygen atoms in total. The van der Waals surface area contributed by atoms with Gasteiger partial charge < -0.3 is 4.74 Å². The Labute approximate surface area is 336 Å². The maximum atomic E-state index is 6.79. The van der Waals surface area contributed by atoms with Gasteiger partial charge in [-0.05, 0) is 79.2 Å². The van der Waals surface area contributed by atoms with Crippen molar-refractivity contribution >= 4 is 21.5 Å². The van der Waals surface area contributed by atoms with E-state index < -0.39 is 5.41 Å². The Morgan fingerprint density at radius 3 is 1.69 bits per heavy atom. The molecule has 3 heteroatoms. The fourth-order valence-electron chi connectivity index (χ4n) is 9.51. The van der Waals surface area contributed by atoms with Gasteiger partial charge >= 0.3 is 0 Å². The summed E-state index contributed by atoms with van der Waals surface area (Å²) in [6.45, 7) is 0. The largest absolute Gasteiger partial charge is 0.457 e. The molecular formula is C55H34N2O. The maximum Gasteiger partial charge on any atom is 0.160 e. The van der Waals surface area contributed by atoms with E-state index in [9.17, 15) is 0 Å². The molecule has 0 unspecified atom stereocenters. The van der Waals surface area contributed by atoms with Gasteiger partial charge in [0.25, 0.3) is 0 Å². The predicted molar refractivity (Wildman–Crippen MR) is 236 cm³/mol. The molecule has 0 saturated carbocycles. The summed E-state index contributed by atoms with van der Waals surface area (Å²) in [7, 11) is 0. The van der Waals surface area contributed by atoms with Crippen LogP contribution in [0, 0.1) is 0 Å². The molecule has 9 aromatic carbocycles. The van der Waals surface area contributed by atoms with Crippen LogP contribution < -0.4 is 4.74 Å². The van der Waals surface area contributed by atoms with E-state index in [-0.39, 0.29) is 0 Å². The first-order valence-electron chi connectivity index (χ1n) is 19.8. The molecule has 0 N–H and O–H groups in total. The Hall–Kier alpha value is -7.62. The molecule has 0 bridgehead atoms. The zero-order chi connectivity index (χ0) is 38.2. The molecule has 0 fully saturated rings. The van der Waals surface area contributed by atoms with E-state index in [1.807, 2.05) is 18.2 Å². The van der Waals surface area contributed by atoms with Gasteiger partial charge in [0, 0.05) is 27.8 Å². The average molecular weight is 739 g/mol. The lowest BCUT2D eigenvalue weighted by Gasteiger charge is -2.39. The SMILES string of the molecule is c1ccc(-c2nc(-c3ccc(-c4ccc5c(c4)Oc4ccccc4C54c5ccccc5-c5ccccc54)cc3)cc(-c3ccc4c(ccc5ccccc54)c3)n2)cc1. The first-order valence-corrected chi connectivity index (χ1v) is 19.8. The van der Waals surface area contributed by atoms with Crippen LogP contribution in [0.4, 0.5) is 0 Å². The molecular weight excluding hydrogens is 705 g/mol. The third kappa shape index (κ3) is 4.87. The summed E-state index contributed by atoms with van der Waals surface area (Å²) < 4.78 is 6.79. The van der Waals surface area contributed by atoms with E-state index in [0.29, 0.717) is 5.82 Å². The summed E-state index contributed by atoms with van der Waals surface area (Å²) >= 11 is 0. The zero-order valence-corrected chi connectivity index (χ0v) is 31.4. The van der Waals surface area contributed by atoms with Crippen LogP contribution in [0.2, 0.25) is 0 Å². The van der Waals surface area contributed by atoms with Crippen molar-refractivity contribution in [2.45, 2.75) is 5.41 Å². The van der Waals surface area contributed by atoms with Crippen molar-refractivity contribution in [3.63, 3.8) is 0 Å². The molecule has 58 heavy (non-hydrogen) atoms. The van der Waals surface area contributed by atoms with Crippen molar-refractivity contribution in [3.05, 3.63) is 229 Å². The van der Waals surface area contributed by atoms with Crippen molar-refractivity contribution < 1.29 is 4.74 Å². The van der Waals surface area contributed by atoms with Crippen LogP contribution in [-0.4, -0.2) is 9.97 Å².